The molecule has 0 fully saturated rings. The average Bonchev–Trinajstić information content (AvgIpc) is 2.81. The van der Waals surface area contributed by atoms with E-state index in [1.807, 2.05) is 42.5 Å². The summed E-state index contributed by atoms with van der Waals surface area (Å²) in [6, 6.07) is 16.9. The van der Waals surface area contributed by atoms with Crippen molar-refractivity contribution in [1.82, 2.24) is 10.3 Å². The maximum absolute atomic E-state index is 14.3. The Morgan fingerprint density at radius 1 is 0.973 bits per heavy atom. The van der Waals surface area contributed by atoms with Crippen LogP contribution in [0.2, 0.25) is 18.1 Å². The number of ether oxygens (including phenoxy) is 1. The van der Waals surface area contributed by atoms with E-state index in [1.165, 1.54) is 12.1 Å². The number of amides is 1. The third kappa shape index (κ3) is 6.33. The number of aromatic nitrogens is 1. The molecular weight excluding hydrogens is 497 g/mol. The lowest BCUT2D eigenvalue weighted by Crippen LogP contribution is -2.47. The van der Waals surface area contributed by atoms with E-state index < -0.39 is 37.9 Å². The molecule has 3 aromatic rings. The first kappa shape index (κ1) is 28.7. The molecule has 2 atom stereocenters. The Hall–Kier alpha value is -2.91. The van der Waals surface area contributed by atoms with Gasteiger partial charge in [0.05, 0.1) is 24.0 Å². The van der Waals surface area contributed by atoms with Crippen LogP contribution in [0.15, 0.2) is 60.7 Å². The molecule has 1 amide bonds. The molecule has 1 aromatic heterocycles. The van der Waals surface area contributed by atoms with Gasteiger partial charge in [0.25, 0.3) is 0 Å². The Balaban J connectivity index is 1.82. The van der Waals surface area contributed by atoms with Gasteiger partial charge < -0.3 is 14.5 Å². The quantitative estimate of drug-likeness (QED) is 0.313. The van der Waals surface area contributed by atoms with E-state index in [2.05, 4.69) is 44.2 Å². The highest BCUT2D eigenvalue weighted by Gasteiger charge is 2.57. The molecule has 0 saturated carbocycles. The van der Waals surface area contributed by atoms with Crippen molar-refractivity contribution in [2.45, 2.75) is 77.2 Å². The summed E-state index contributed by atoms with van der Waals surface area (Å²) in [6.45, 7) is 12.9. The highest BCUT2D eigenvalue weighted by atomic mass is 28.4. The lowest BCUT2D eigenvalue weighted by atomic mass is 9.99. The van der Waals surface area contributed by atoms with Crippen molar-refractivity contribution in [3.63, 3.8) is 0 Å². The number of alkyl halides is 3. The molecule has 5 nitrogen and oxygen atoms in total. The fourth-order valence-electron chi connectivity index (χ4n) is 3.65. The van der Waals surface area contributed by atoms with Crippen molar-refractivity contribution in [3.8, 4) is 0 Å². The van der Waals surface area contributed by atoms with Gasteiger partial charge >= 0.3 is 12.3 Å². The summed E-state index contributed by atoms with van der Waals surface area (Å²) >= 11 is 0. The minimum Gasteiger partial charge on any atom is -0.427 e. The zero-order chi connectivity index (χ0) is 27.6. The van der Waals surface area contributed by atoms with Gasteiger partial charge in [-0.1, -0.05) is 69.3 Å². The van der Waals surface area contributed by atoms with Crippen LogP contribution in [0.1, 0.15) is 57.6 Å². The molecule has 1 heterocycles. The number of nitrogens with one attached hydrogen (secondary N) is 1. The lowest BCUT2D eigenvalue weighted by Gasteiger charge is -2.36. The van der Waals surface area contributed by atoms with Crippen molar-refractivity contribution in [2.75, 3.05) is 0 Å². The standard InChI is InChI=1S/C28H35F3N2O3Si/c1-19(22-16-10-13-20-12-8-9-15-23(20)22)32-25(34)36-27(5,28(29,30)31)24-17-11-14-21(33-24)18-35-37(6,7)26(2,3)4/h8-17,19H,18H2,1-7H3,(H,32,34)/t19-,27-/m1/s1. The second-order valence-electron chi connectivity index (χ2n) is 10.9. The van der Waals surface area contributed by atoms with Crippen LogP contribution in [-0.2, 0) is 21.4 Å². The second kappa shape index (κ2) is 10.5. The van der Waals surface area contributed by atoms with Crippen molar-refractivity contribution in [2.24, 2.45) is 0 Å². The van der Waals surface area contributed by atoms with Crippen LogP contribution >= 0.6 is 0 Å². The summed E-state index contributed by atoms with van der Waals surface area (Å²) in [7, 11) is -2.14. The Morgan fingerprint density at radius 3 is 2.24 bits per heavy atom. The number of pyridine rings is 1. The van der Waals surface area contributed by atoms with E-state index in [4.69, 9.17) is 9.16 Å². The number of rotatable bonds is 7. The monoisotopic (exact) mass is 532 g/mol. The Bertz CT molecular complexity index is 1250. The van der Waals surface area contributed by atoms with Crippen LogP contribution in [0.5, 0.6) is 0 Å². The van der Waals surface area contributed by atoms with Crippen LogP contribution in [-0.4, -0.2) is 25.6 Å². The minimum atomic E-state index is -4.90. The summed E-state index contributed by atoms with van der Waals surface area (Å²) in [4.78, 5) is 17.0. The van der Waals surface area contributed by atoms with E-state index in [1.54, 1.807) is 13.0 Å². The van der Waals surface area contributed by atoms with Crippen LogP contribution in [0, 0.1) is 0 Å². The summed E-state index contributed by atoms with van der Waals surface area (Å²) in [5.74, 6) is 0. The average molecular weight is 533 g/mol. The van der Waals surface area contributed by atoms with Crippen LogP contribution in [0.3, 0.4) is 0 Å². The summed E-state index contributed by atoms with van der Waals surface area (Å²) in [6.07, 6.45) is -6.09. The number of nitrogens with zero attached hydrogens (tertiary/aromatic N) is 1. The molecule has 2 aromatic carbocycles. The summed E-state index contributed by atoms with van der Waals surface area (Å²) in [5.41, 5.74) is -2.26. The van der Waals surface area contributed by atoms with Crippen LogP contribution in [0.4, 0.5) is 18.0 Å². The molecule has 0 bridgehead atoms. The van der Waals surface area contributed by atoms with Crippen molar-refractivity contribution < 1.29 is 27.1 Å². The number of hydrogen-bond donors (Lipinski definition) is 1. The second-order valence-corrected chi connectivity index (χ2v) is 15.7. The van der Waals surface area contributed by atoms with Gasteiger partial charge in [0.15, 0.2) is 8.32 Å². The van der Waals surface area contributed by atoms with Gasteiger partial charge in [0, 0.05) is 0 Å². The van der Waals surface area contributed by atoms with Gasteiger partial charge in [0.1, 0.15) is 0 Å². The number of alkyl carbamates (subject to hydrolysis) is 1. The SMILES string of the molecule is C[C@@H](NC(=O)O[C@](C)(c1cccc(CO[Si](C)(C)C(C)(C)C)n1)C(F)(F)F)c1cccc2ccccc12. The predicted octanol–water partition coefficient (Wildman–Crippen LogP) is 8.02. The molecule has 0 spiro atoms. The number of carbonyl (C=O) groups is 1. The Labute approximate surface area is 217 Å². The van der Waals surface area contributed by atoms with Crippen molar-refractivity contribution >= 4 is 25.2 Å². The maximum atomic E-state index is 14.3. The minimum absolute atomic E-state index is 0.0624. The lowest BCUT2D eigenvalue weighted by molar-refractivity contribution is -0.258. The smallest absolute Gasteiger partial charge is 0.427 e. The fraction of sp³-hybridized carbons (Fsp3) is 0.429. The molecule has 200 valence electrons. The Kier molecular flexibility index (Phi) is 8.10. The zero-order valence-corrected chi connectivity index (χ0v) is 23.4. The predicted molar refractivity (Wildman–Crippen MR) is 142 cm³/mol. The molecule has 0 saturated heterocycles. The normalized spacial score (nSPS) is 15.2. The molecule has 0 aliphatic rings. The van der Waals surface area contributed by atoms with Crippen LogP contribution < -0.4 is 5.32 Å². The van der Waals surface area contributed by atoms with Gasteiger partial charge in [-0.15, -0.1) is 0 Å². The first-order valence-electron chi connectivity index (χ1n) is 12.2. The van der Waals surface area contributed by atoms with E-state index >= 15 is 0 Å². The van der Waals surface area contributed by atoms with Gasteiger partial charge in [-0.2, -0.15) is 13.2 Å². The van der Waals surface area contributed by atoms with E-state index in [0.717, 1.165) is 23.3 Å². The summed E-state index contributed by atoms with van der Waals surface area (Å²) < 4.78 is 54.1. The molecule has 9 heteroatoms. The van der Waals surface area contributed by atoms with Crippen molar-refractivity contribution in [1.29, 1.82) is 0 Å². The third-order valence-electron chi connectivity index (χ3n) is 7.14. The molecule has 0 aliphatic heterocycles. The zero-order valence-electron chi connectivity index (χ0n) is 22.4. The van der Waals surface area contributed by atoms with E-state index in [0.29, 0.717) is 5.69 Å². The molecule has 3 rings (SSSR count). The fourth-order valence-corrected chi connectivity index (χ4v) is 4.59. The molecule has 0 unspecified atom stereocenters. The first-order chi connectivity index (χ1) is 17.0. The highest BCUT2D eigenvalue weighted by Crippen LogP contribution is 2.42. The number of fused-ring (bicyclic) bond motifs is 1. The molecule has 1 N–H and O–H groups in total. The number of benzene rings is 2. The Morgan fingerprint density at radius 2 is 1.59 bits per heavy atom. The molecule has 0 radical (unpaired) electrons. The first-order valence-corrected chi connectivity index (χ1v) is 15.1. The number of hydrogen-bond acceptors (Lipinski definition) is 4. The maximum Gasteiger partial charge on any atom is 0.434 e. The van der Waals surface area contributed by atoms with Gasteiger partial charge in [-0.05, 0) is 60.4 Å². The molecule has 37 heavy (non-hydrogen) atoms. The van der Waals surface area contributed by atoms with Gasteiger partial charge in [0.2, 0.25) is 5.60 Å². The topological polar surface area (TPSA) is 60.5 Å². The van der Waals surface area contributed by atoms with E-state index in [-0.39, 0.29) is 11.6 Å². The number of carbonyl (C=O) groups excluding carboxylic acids is 1. The third-order valence-corrected chi connectivity index (χ3v) is 11.6. The van der Waals surface area contributed by atoms with Gasteiger partial charge in [-0.3, -0.25) is 4.98 Å². The molecular formula is C28H35F3N2O3Si. The van der Waals surface area contributed by atoms with Crippen molar-refractivity contribution in [3.05, 3.63) is 77.6 Å². The number of halogens is 3. The van der Waals surface area contributed by atoms with Crippen LogP contribution in [0.25, 0.3) is 10.8 Å². The van der Waals surface area contributed by atoms with Gasteiger partial charge in [-0.25, -0.2) is 4.79 Å². The highest BCUT2D eigenvalue weighted by molar-refractivity contribution is 6.74. The largest absolute Gasteiger partial charge is 0.434 e. The summed E-state index contributed by atoms with van der Waals surface area (Å²) in [5, 5.41) is 4.35. The van der Waals surface area contributed by atoms with E-state index in [9.17, 15) is 18.0 Å². The molecule has 0 aliphatic carbocycles.